The number of amides is 1. The molecule has 2 aliphatic rings. The number of aromatic nitrogens is 2. The van der Waals surface area contributed by atoms with Gasteiger partial charge in [0.1, 0.15) is 0 Å². The van der Waals surface area contributed by atoms with E-state index in [4.69, 9.17) is 5.11 Å². The van der Waals surface area contributed by atoms with Crippen LogP contribution < -0.4 is 4.90 Å². The molecule has 0 radical (unpaired) electrons. The van der Waals surface area contributed by atoms with Crippen LogP contribution in [-0.2, 0) is 12.7 Å². The Hall–Kier alpha value is -3.08. The second-order valence-corrected chi connectivity index (χ2v) is 9.62. The van der Waals surface area contributed by atoms with Gasteiger partial charge in [-0.2, -0.15) is 23.0 Å². The van der Waals surface area contributed by atoms with Gasteiger partial charge in [-0.05, 0) is 63.4 Å². The highest BCUT2D eigenvalue weighted by Crippen LogP contribution is 2.39. The van der Waals surface area contributed by atoms with Crippen molar-refractivity contribution >= 4 is 17.7 Å². The molecule has 2 saturated heterocycles. The minimum absolute atomic E-state index is 0.190. The van der Waals surface area contributed by atoms with Crippen molar-refractivity contribution in [3.8, 4) is 0 Å². The van der Waals surface area contributed by atoms with E-state index in [-0.39, 0.29) is 23.0 Å². The Kier molecular flexibility index (Phi) is 6.81. The van der Waals surface area contributed by atoms with E-state index in [2.05, 4.69) is 16.9 Å². The molecular formula is C24H30F3N5O3. The van der Waals surface area contributed by atoms with E-state index in [0.717, 1.165) is 23.1 Å². The third-order valence-corrected chi connectivity index (χ3v) is 7.27. The topological polar surface area (TPSA) is 81.9 Å². The van der Waals surface area contributed by atoms with Gasteiger partial charge in [0.05, 0.1) is 5.56 Å². The standard InChI is InChI=1S/C24H30F3N5O3/c1-23(8-13-31(14-9-23)22(35)32-12-7-19(28-32)21(33)34)29(2)16-17-5-6-18(24(25,26)27)20(15-17)30-10-3-4-11-30/h5-7,12,15H,3-4,8-11,13-14,16H2,1-2H3,(H,33,34). The van der Waals surface area contributed by atoms with E-state index in [1.165, 1.54) is 18.3 Å². The summed E-state index contributed by atoms with van der Waals surface area (Å²) in [4.78, 5) is 29.3. The molecule has 1 aromatic carbocycles. The highest BCUT2D eigenvalue weighted by molar-refractivity contribution is 5.86. The van der Waals surface area contributed by atoms with E-state index >= 15 is 0 Å². The van der Waals surface area contributed by atoms with E-state index < -0.39 is 17.7 Å². The van der Waals surface area contributed by atoms with Crippen molar-refractivity contribution < 1.29 is 27.9 Å². The Bertz CT molecular complexity index is 1090. The number of likely N-dealkylation sites (tertiary alicyclic amines) is 1. The van der Waals surface area contributed by atoms with Crippen LogP contribution >= 0.6 is 0 Å². The van der Waals surface area contributed by atoms with Crippen molar-refractivity contribution in [2.24, 2.45) is 0 Å². The number of benzene rings is 1. The van der Waals surface area contributed by atoms with Gasteiger partial charge in [-0.1, -0.05) is 6.07 Å². The first-order chi connectivity index (χ1) is 16.5. The number of hydrogen-bond acceptors (Lipinski definition) is 5. The highest BCUT2D eigenvalue weighted by atomic mass is 19.4. The summed E-state index contributed by atoms with van der Waals surface area (Å²) >= 11 is 0. The number of carboxylic acids is 1. The minimum Gasteiger partial charge on any atom is -0.476 e. The van der Waals surface area contributed by atoms with E-state index in [0.29, 0.717) is 45.6 Å². The lowest BCUT2D eigenvalue weighted by Gasteiger charge is -2.45. The summed E-state index contributed by atoms with van der Waals surface area (Å²) in [5.41, 5.74) is 0.0495. The molecule has 0 aliphatic carbocycles. The number of nitrogens with zero attached hydrogens (tertiary/aromatic N) is 5. The summed E-state index contributed by atoms with van der Waals surface area (Å²) in [7, 11) is 1.96. The first-order valence-electron chi connectivity index (χ1n) is 11.7. The lowest BCUT2D eigenvalue weighted by molar-refractivity contribution is -0.137. The fraction of sp³-hybridized carbons (Fsp3) is 0.542. The number of carboxylic acid groups (broad SMARTS) is 1. The number of anilines is 1. The van der Waals surface area contributed by atoms with Gasteiger partial charge in [0.2, 0.25) is 0 Å². The molecule has 4 rings (SSSR count). The Morgan fingerprint density at radius 2 is 1.77 bits per heavy atom. The van der Waals surface area contributed by atoms with Crippen molar-refractivity contribution in [3.05, 3.63) is 47.3 Å². The molecule has 1 amide bonds. The molecule has 1 aromatic heterocycles. The third-order valence-electron chi connectivity index (χ3n) is 7.27. The maximum Gasteiger partial charge on any atom is 0.418 e. The monoisotopic (exact) mass is 493 g/mol. The molecular weight excluding hydrogens is 463 g/mol. The molecule has 35 heavy (non-hydrogen) atoms. The smallest absolute Gasteiger partial charge is 0.418 e. The molecule has 190 valence electrons. The molecule has 0 bridgehead atoms. The number of aromatic carboxylic acids is 1. The summed E-state index contributed by atoms with van der Waals surface area (Å²) in [5.74, 6) is -1.19. The second kappa shape index (κ2) is 9.52. The predicted octanol–water partition coefficient (Wildman–Crippen LogP) is 4.15. The zero-order valence-corrected chi connectivity index (χ0v) is 19.9. The normalized spacial score (nSPS) is 18.3. The molecule has 8 nitrogen and oxygen atoms in total. The van der Waals surface area contributed by atoms with Gasteiger partial charge >= 0.3 is 18.2 Å². The van der Waals surface area contributed by atoms with Crippen LogP contribution in [0.4, 0.5) is 23.7 Å². The Morgan fingerprint density at radius 1 is 1.11 bits per heavy atom. The van der Waals surface area contributed by atoms with Gasteiger partial charge in [-0.25, -0.2) is 9.59 Å². The SMILES string of the molecule is CN(Cc1ccc(C(F)(F)F)c(N2CCCC2)c1)C1(C)CCN(C(=O)n2ccc(C(=O)O)n2)CC1. The molecule has 1 N–H and O–H groups in total. The average molecular weight is 494 g/mol. The molecule has 0 unspecified atom stereocenters. The van der Waals surface area contributed by atoms with Crippen LogP contribution in [0.15, 0.2) is 30.5 Å². The Morgan fingerprint density at radius 3 is 2.34 bits per heavy atom. The predicted molar refractivity (Wildman–Crippen MR) is 124 cm³/mol. The van der Waals surface area contributed by atoms with Crippen LogP contribution in [0.25, 0.3) is 0 Å². The Balaban J connectivity index is 1.42. The lowest BCUT2D eigenvalue weighted by atomic mass is 9.87. The summed E-state index contributed by atoms with van der Waals surface area (Å²) < 4.78 is 41.9. The van der Waals surface area contributed by atoms with Crippen LogP contribution in [0, 0.1) is 0 Å². The van der Waals surface area contributed by atoms with E-state index in [1.54, 1.807) is 17.0 Å². The fourth-order valence-electron chi connectivity index (χ4n) is 4.85. The molecule has 0 atom stereocenters. The lowest BCUT2D eigenvalue weighted by Crippen LogP contribution is -2.53. The maximum absolute atomic E-state index is 13.6. The van der Waals surface area contributed by atoms with Crippen molar-refractivity contribution in [2.75, 3.05) is 38.1 Å². The highest BCUT2D eigenvalue weighted by Gasteiger charge is 2.37. The number of alkyl halides is 3. The van der Waals surface area contributed by atoms with Gasteiger partial charge in [0.25, 0.3) is 0 Å². The van der Waals surface area contributed by atoms with Crippen molar-refractivity contribution in [3.63, 3.8) is 0 Å². The number of carbonyl (C=O) groups excluding carboxylic acids is 1. The fourth-order valence-corrected chi connectivity index (χ4v) is 4.85. The number of piperidine rings is 1. The average Bonchev–Trinajstić information content (AvgIpc) is 3.51. The largest absolute Gasteiger partial charge is 0.476 e. The van der Waals surface area contributed by atoms with Gasteiger partial charge in [-0.15, -0.1) is 0 Å². The summed E-state index contributed by atoms with van der Waals surface area (Å²) in [6, 6.07) is 5.32. The number of carbonyl (C=O) groups is 2. The number of halogens is 3. The van der Waals surface area contributed by atoms with Gasteiger partial charge in [0, 0.05) is 50.1 Å². The molecule has 3 heterocycles. The van der Waals surface area contributed by atoms with Gasteiger partial charge in [0.15, 0.2) is 5.69 Å². The van der Waals surface area contributed by atoms with Crippen LogP contribution in [-0.4, -0.2) is 75.5 Å². The second-order valence-electron chi connectivity index (χ2n) is 9.62. The van der Waals surface area contributed by atoms with Crippen LogP contribution in [0.3, 0.4) is 0 Å². The van der Waals surface area contributed by atoms with Crippen molar-refractivity contribution in [1.29, 1.82) is 0 Å². The maximum atomic E-state index is 13.6. The summed E-state index contributed by atoms with van der Waals surface area (Å²) in [6.07, 6.45) is 0.0708. The quantitative estimate of drug-likeness (QED) is 0.674. The third kappa shape index (κ3) is 5.29. The molecule has 11 heteroatoms. The molecule has 2 aliphatic heterocycles. The first kappa shape index (κ1) is 25.0. The number of rotatable bonds is 5. The zero-order valence-electron chi connectivity index (χ0n) is 19.9. The van der Waals surface area contributed by atoms with Gasteiger partial charge < -0.3 is 14.9 Å². The van der Waals surface area contributed by atoms with E-state index in [9.17, 15) is 22.8 Å². The van der Waals surface area contributed by atoms with Crippen LogP contribution in [0.5, 0.6) is 0 Å². The minimum atomic E-state index is -4.40. The molecule has 0 saturated carbocycles. The van der Waals surface area contributed by atoms with Crippen LogP contribution in [0.2, 0.25) is 0 Å². The molecule has 2 fully saturated rings. The summed E-state index contributed by atoms with van der Waals surface area (Å²) in [6.45, 7) is 4.78. The molecule has 2 aromatic rings. The zero-order chi connectivity index (χ0) is 25.4. The van der Waals surface area contributed by atoms with Crippen LogP contribution in [0.1, 0.15) is 54.2 Å². The van der Waals surface area contributed by atoms with Crippen molar-refractivity contribution in [2.45, 2.75) is 50.9 Å². The van der Waals surface area contributed by atoms with E-state index in [1.807, 2.05) is 11.9 Å². The number of hydrogen-bond donors (Lipinski definition) is 1. The summed E-state index contributed by atoms with van der Waals surface area (Å²) in [5, 5.41) is 12.8. The first-order valence-corrected chi connectivity index (χ1v) is 11.7. The van der Waals surface area contributed by atoms with Gasteiger partial charge in [-0.3, -0.25) is 4.90 Å². The Labute approximate surface area is 201 Å². The van der Waals surface area contributed by atoms with Crippen molar-refractivity contribution in [1.82, 2.24) is 19.6 Å². The molecule has 0 spiro atoms.